The third-order valence-corrected chi connectivity index (χ3v) is 6.62. The molecule has 3 aromatic rings. The standard InChI is InChI=1S/C26H30N4O2/c1-28-15-20(14-27-28)12-19-6-7-22-9-11-30(26(32)25(22)13-19)18-24(31)17-29-10-8-21-4-2-3-5-23(21)16-29/h2-7,13-15,24,31H,8-12,16-18H2,1H3. The molecule has 6 heteroatoms. The number of β-amino-alcohol motifs (C(OH)–C–C–N with tert-alkyl or cyclic N) is 1. The van der Waals surface area contributed by atoms with Gasteiger partial charge in [0.2, 0.25) is 0 Å². The van der Waals surface area contributed by atoms with Gasteiger partial charge in [0.25, 0.3) is 5.91 Å². The molecule has 1 atom stereocenters. The first-order valence-electron chi connectivity index (χ1n) is 11.4. The Hall–Kier alpha value is -2.96. The van der Waals surface area contributed by atoms with Crippen molar-refractivity contribution in [3.8, 4) is 0 Å². The lowest BCUT2D eigenvalue weighted by atomic mass is 9.94. The number of aliphatic hydroxyl groups excluding tert-OH is 1. The number of carbonyl (C=O) groups excluding carboxylic acids is 1. The monoisotopic (exact) mass is 430 g/mol. The van der Waals surface area contributed by atoms with Gasteiger partial charge in [0.15, 0.2) is 0 Å². The first-order chi connectivity index (χ1) is 15.5. The van der Waals surface area contributed by atoms with E-state index in [2.05, 4.69) is 46.4 Å². The molecule has 166 valence electrons. The second-order valence-corrected chi connectivity index (χ2v) is 9.10. The van der Waals surface area contributed by atoms with Crippen LogP contribution in [0.15, 0.2) is 54.9 Å². The van der Waals surface area contributed by atoms with Crippen molar-refractivity contribution in [1.82, 2.24) is 19.6 Å². The van der Waals surface area contributed by atoms with Crippen LogP contribution in [0.5, 0.6) is 0 Å². The van der Waals surface area contributed by atoms with Gasteiger partial charge in [-0.3, -0.25) is 14.4 Å². The van der Waals surface area contributed by atoms with Crippen molar-refractivity contribution < 1.29 is 9.90 Å². The van der Waals surface area contributed by atoms with Crippen LogP contribution < -0.4 is 0 Å². The number of carbonyl (C=O) groups is 1. The molecular formula is C26H30N4O2. The molecule has 1 N–H and O–H groups in total. The van der Waals surface area contributed by atoms with Gasteiger partial charge in [0, 0.05) is 58.0 Å². The van der Waals surface area contributed by atoms with Gasteiger partial charge in [-0.1, -0.05) is 36.4 Å². The largest absolute Gasteiger partial charge is 0.390 e. The number of aromatic nitrogens is 2. The predicted octanol–water partition coefficient (Wildman–Crippen LogP) is 2.43. The molecule has 0 bridgehead atoms. The van der Waals surface area contributed by atoms with E-state index in [1.165, 1.54) is 11.1 Å². The average molecular weight is 431 g/mol. The van der Waals surface area contributed by atoms with Crippen LogP contribution in [0.2, 0.25) is 0 Å². The minimum Gasteiger partial charge on any atom is -0.390 e. The molecule has 0 saturated heterocycles. The number of rotatable bonds is 6. The van der Waals surface area contributed by atoms with Crippen LogP contribution in [0, 0.1) is 0 Å². The van der Waals surface area contributed by atoms with E-state index in [9.17, 15) is 9.90 Å². The van der Waals surface area contributed by atoms with E-state index < -0.39 is 6.10 Å². The van der Waals surface area contributed by atoms with Crippen LogP contribution >= 0.6 is 0 Å². The summed E-state index contributed by atoms with van der Waals surface area (Å²) >= 11 is 0. The number of nitrogens with zero attached hydrogens (tertiary/aromatic N) is 4. The third kappa shape index (κ3) is 4.47. The Balaban J connectivity index is 1.22. The molecule has 1 unspecified atom stereocenters. The molecule has 0 radical (unpaired) electrons. The highest BCUT2D eigenvalue weighted by atomic mass is 16.3. The SMILES string of the molecule is Cn1cc(Cc2ccc3c(c2)C(=O)N(CC(O)CN2CCc4ccccc4C2)CC3)cn1. The molecule has 6 nitrogen and oxygen atoms in total. The first kappa shape index (κ1) is 20.9. The molecule has 0 fully saturated rings. The minimum atomic E-state index is -0.552. The van der Waals surface area contributed by atoms with Gasteiger partial charge in [-0.25, -0.2) is 0 Å². The number of aliphatic hydroxyl groups is 1. The van der Waals surface area contributed by atoms with Crippen molar-refractivity contribution in [3.63, 3.8) is 0 Å². The Morgan fingerprint density at radius 2 is 1.81 bits per heavy atom. The van der Waals surface area contributed by atoms with Gasteiger partial charge in [0.05, 0.1) is 12.3 Å². The number of fused-ring (bicyclic) bond motifs is 2. The van der Waals surface area contributed by atoms with E-state index in [-0.39, 0.29) is 5.91 Å². The molecule has 0 saturated carbocycles. The summed E-state index contributed by atoms with van der Waals surface area (Å²) in [5.74, 6) is 0.0299. The molecule has 3 heterocycles. The van der Waals surface area contributed by atoms with E-state index in [1.807, 2.05) is 30.4 Å². The minimum absolute atomic E-state index is 0.0299. The fourth-order valence-corrected chi connectivity index (χ4v) is 4.97. The Bertz CT molecular complexity index is 1120. The van der Waals surface area contributed by atoms with Crippen LogP contribution in [0.3, 0.4) is 0 Å². The summed E-state index contributed by atoms with van der Waals surface area (Å²) in [6, 6.07) is 14.7. The summed E-state index contributed by atoms with van der Waals surface area (Å²) in [6.45, 7) is 3.44. The maximum absolute atomic E-state index is 13.2. The lowest BCUT2D eigenvalue weighted by Crippen LogP contribution is -2.46. The zero-order chi connectivity index (χ0) is 22.1. The maximum atomic E-state index is 13.2. The highest BCUT2D eigenvalue weighted by Crippen LogP contribution is 2.23. The van der Waals surface area contributed by atoms with Crippen LogP contribution in [0.1, 0.15) is 38.2 Å². The highest BCUT2D eigenvalue weighted by molar-refractivity contribution is 5.97. The zero-order valence-electron chi connectivity index (χ0n) is 18.6. The molecule has 0 aliphatic carbocycles. The normalized spacial score (nSPS) is 17.2. The van der Waals surface area contributed by atoms with Crippen molar-refractivity contribution in [2.24, 2.45) is 7.05 Å². The zero-order valence-corrected chi connectivity index (χ0v) is 18.6. The third-order valence-electron chi connectivity index (χ3n) is 6.62. The predicted molar refractivity (Wildman–Crippen MR) is 123 cm³/mol. The number of hydrogen-bond acceptors (Lipinski definition) is 4. The maximum Gasteiger partial charge on any atom is 0.254 e. The van der Waals surface area contributed by atoms with Crippen LogP contribution in [0.4, 0.5) is 0 Å². The fourth-order valence-electron chi connectivity index (χ4n) is 4.97. The van der Waals surface area contributed by atoms with E-state index in [4.69, 9.17) is 0 Å². The average Bonchev–Trinajstić information content (AvgIpc) is 3.20. The van der Waals surface area contributed by atoms with Gasteiger partial charge in [-0.05, 0) is 46.7 Å². The van der Waals surface area contributed by atoms with Gasteiger partial charge >= 0.3 is 0 Å². The molecule has 2 aliphatic rings. The number of hydrogen-bond donors (Lipinski definition) is 1. The Kier molecular flexibility index (Phi) is 5.81. The molecule has 2 aromatic carbocycles. The molecule has 1 amide bonds. The van der Waals surface area contributed by atoms with Crippen molar-refractivity contribution in [3.05, 3.63) is 88.2 Å². The Labute approximate surface area is 189 Å². The van der Waals surface area contributed by atoms with Gasteiger partial charge in [0.1, 0.15) is 0 Å². The second kappa shape index (κ2) is 8.88. The summed E-state index contributed by atoms with van der Waals surface area (Å²) in [4.78, 5) is 17.3. The van der Waals surface area contributed by atoms with Crippen molar-refractivity contribution in [2.45, 2.75) is 31.9 Å². The fraction of sp³-hybridized carbons (Fsp3) is 0.385. The topological polar surface area (TPSA) is 61.6 Å². The molecule has 5 rings (SSSR count). The van der Waals surface area contributed by atoms with Crippen molar-refractivity contribution >= 4 is 5.91 Å². The lowest BCUT2D eigenvalue weighted by Gasteiger charge is -2.34. The summed E-state index contributed by atoms with van der Waals surface area (Å²) in [6.07, 6.45) is 5.92. The number of amides is 1. The molecule has 32 heavy (non-hydrogen) atoms. The van der Waals surface area contributed by atoms with E-state index in [1.54, 1.807) is 4.68 Å². The molecular weight excluding hydrogens is 400 g/mol. The van der Waals surface area contributed by atoms with E-state index in [0.717, 1.165) is 54.6 Å². The smallest absolute Gasteiger partial charge is 0.254 e. The molecule has 1 aromatic heterocycles. The summed E-state index contributed by atoms with van der Waals surface area (Å²) in [7, 11) is 1.91. The van der Waals surface area contributed by atoms with Crippen LogP contribution in [-0.4, -0.2) is 62.9 Å². The van der Waals surface area contributed by atoms with E-state index >= 15 is 0 Å². The van der Waals surface area contributed by atoms with E-state index in [0.29, 0.717) is 19.6 Å². The summed E-state index contributed by atoms with van der Waals surface area (Å²) in [5.41, 5.74) is 6.86. The van der Waals surface area contributed by atoms with Gasteiger partial charge < -0.3 is 10.0 Å². The lowest BCUT2D eigenvalue weighted by molar-refractivity contribution is 0.0492. The van der Waals surface area contributed by atoms with Crippen molar-refractivity contribution in [1.29, 1.82) is 0 Å². The second-order valence-electron chi connectivity index (χ2n) is 9.10. The number of benzene rings is 2. The number of aryl methyl sites for hydroxylation is 1. The van der Waals surface area contributed by atoms with Gasteiger partial charge in [-0.2, -0.15) is 5.10 Å². The Morgan fingerprint density at radius 3 is 2.62 bits per heavy atom. The van der Waals surface area contributed by atoms with Gasteiger partial charge in [-0.15, -0.1) is 0 Å². The molecule has 2 aliphatic heterocycles. The van der Waals surface area contributed by atoms with Crippen LogP contribution in [-0.2, 0) is 32.9 Å². The Morgan fingerprint density at radius 1 is 1.00 bits per heavy atom. The molecule has 0 spiro atoms. The summed E-state index contributed by atoms with van der Waals surface area (Å²) in [5, 5.41) is 15.0. The summed E-state index contributed by atoms with van der Waals surface area (Å²) < 4.78 is 1.79. The quantitative estimate of drug-likeness (QED) is 0.653. The highest BCUT2D eigenvalue weighted by Gasteiger charge is 2.27. The first-order valence-corrected chi connectivity index (χ1v) is 11.4. The van der Waals surface area contributed by atoms with Crippen LogP contribution in [0.25, 0.3) is 0 Å². The van der Waals surface area contributed by atoms with Crippen molar-refractivity contribution in [2.75, 3.05) is 26.2 Å².